The van der Waals surface area contributed by atoms with Crippen molar-refractivity contribution in [2.45, 2.75) is 6.92 Å². The quantitative estimate of drug-likeness (QED) is 0.811. The maximum atomic E-state index is 11.9. The first kappa shape index (κ1) is 16.7. The van der Waals surface area contributed by atoms with Gasteiger partial charge in [-0.3, -0.25) is 14.5 Å². The second-order valence-electron chi connectivity index (χ2n) is 4.95. The van der Waals surface area contributed by atoms with E-state index in [9.17, 15) is 9.59 Å². The SMILES string of the molecule is CNC(=O)C(C)CN(C)CC(=O)Nc1cccc(C#N)c1. The van der Waals surface area contributed by atoms with Gasteiger partial charge in [-0.05, 0) is 25.2 Å². The van der Waals surface area contributed by atoms with E-state index in [2.05, 4.69) is 10.6 Å². The molecule has 1 unspecified atom stereocenters. The number of hydrogen-bond acceptors (Lipinski definition) is 4. The lowest BCUT2D eigenvalue weighted by atomic mass is 10.1. The molecule has 0 aliphatic rings. The van der Waals surface area contributed by atoms with E-state index >= 15 is 0 Å². The van der Waals surface area contributed by atoms with Crippen LogP contribution < -0.4 is 10.6 Å². The van der Waals surface area contributed by atoms with Gasteiger partial charge < -0.3 is 10.6 Å². The van der Waals surface area contributed by atoms with Crippen molar-refractivity contribution >= 4 is 17.5 Å². The summed E-state index contributed by atoms with van der Waals surface area (Å²) in [5.41, 5.74) is 1.08. The highest BCUT2D eigenvalue weighted by molar-refractivity contribution is 5.92. The van der Waals surface area contributed by atoms with Crippen molar-refractivity contribution in [1.29, 1.82) is 5.26 Å². The summed E-state index contributed by atoms with van der Waals surface area (Å²) in [5, 5.41) is 14.1. The smallest absolute Gasteiger partial charge is 0.238 e. The molecular formula is C15H20N4O2. The third kappa shape index (κ3) is 5.63. The van der Waals surface area contributed by atoms with Crippen LogP contribution in [0.1, 0.15) is 12.5 Å². The van der Waals surface area contributed by atoms with Crippen LogP contribution in [-0.2, 0) is 9.59 Å². The molecule has 112 valence electrons. The molecule has 0 spiro atoms. The molecule has 1 aromatic carbocycles. The fraction of sp³-hybridized carbons (Fsp3) is 0.400. The Kier molecular flexibility index (Phi) is 6.37. The molecule has 6 heteroatoms. The van der Waals surface area contributed by atoms with E-state index < -0.39 is 0 Å². The van der Waals surface area contributed by atoms with E-state index in [-0.39, 0.29) is 24.3 Å². The van der Waals surface area contributed by atoms with Crippen LogP contribution in [0.2, 0.25) is 0 Å². The number of nitrogens with zero attached hydrogens (tertiary/aromatic N) is 2. The summed E-state index contributed by atoms with van der Waals surface area (Å²) in [6.07, 6.45) is 0. The van der Waals surface area contributed by atoms with E-state index in [1.54, 1.807) is 43.3 Å². The molecule has 0 fully saturated rings. The van der Waals surface area contributed by atoms with Crippen LogP contribution in [0.3, 0.4) is 0 Å². The predicted molar refractivity (Wildman–Crippen MR) is 80.5 cm³/mol. The van der Waals surface area contributed by atoms with Crippen molar-refractivity contribution in [3.63, 3.8) is 0 Å². The van der Waals surface area contributed by atoms with E-state index in [0.717, 1.165) is 0 Å². The number of nitriles is 1. The molecule has 0 saturated carbocycles. The minimum Gasteiger partial charge on any atom is -0.359 e. The molecule has 2 N–H and O–H groups in total. The van der Waals surface area contributed by atoms with Gasteiger partial charge in [0.15, 0.2) is 0 Å². The van der Waals surface area contributed by atoms with Crippen LogP contribution >= 0.6 is 0 Å². The minimum atomic E-state index is -0.185. The second-order valence-corrected chi connectivity index (χ2v) is 4.95. The molecular weight excluding hydrogens is 268 g/mol. The maximum absolute atomic E-state index is 11.9. The van der Waals surface area contributed by atoms with E-state index in [0.29, 0.717) is 17.8 Å². The van der Waals surface area contributed by atoms with Crippen molar-refractivity contribution in [2.24, 2.45) is 5.92 Å². The Morgan fingerprint density at radius 2 is 2.14 bits per heavy atom. The fourth-order valence-electron chi connectivity index (χ4n) is 1.97. The van der Waals surface area contributed by atoms with Gasteiger partial charge in [0.25, 0.3) is 0 Å². The predicted octanol–water partition coefficient (Wildman–Crippen LogP) is 0.811. The standard InChI is InChI=1S/C15H20N4O2/c1-11(15(21)17-2)9-19(3)10-14(20)18-13-6-4-5-12(7-13)8-16/h4-7,11H,9-10H2,1-3H3,(H,17,21)(H,18,20). The highest BCUT2D eigenvalue weighted by atomic mass is 16.2. The molecule has 0 aliphatic carbocycles. The summed E-state index contributed by atoms with van der Waals surface area (Å²) in [4.78, 5) is 25.1. The third-order valence-corrected chi connectivity index (χ3v) is 2.97. The van der Waals surface area contributed by atoms with Crippen LogP contribution in [-0.4, -0.2) is 43.9 Å². The number of amides is 2. The van der Waals surface area contributed by atoms with E-state index in [1.807, 2.05) is 13.0 Å². The second kappa shape index (κ2) is 8.02. The maximum Gasteiger partial charge on any atom is 0.238 e. The average Bonchev–Trinajstić information content (AvgIpc) is 2.45. The number of hydrogen-bond donors (Lipinski definition) is 2. The Bertz CT molecular complexity index is 551. The lowest BCUT2D eigenvalue weighted by Gasteiger charge is -2.19. The van der Waals surface area contributed by atoms with Crippen molar-refractivity contribution in [2.75, 3.05) is 32.5 Å². The molecule has 2 amide bonds. The zero-order valence-corrected chi connectivity index (χ0v) is 12.5. The van der Waals surface area contributed by atoms with Gasteiger partial charge in [-0.25, -0.2) is 0 Å². The first-order valence-corrected chi connectivity index (χ1v) is 6.66. The molecule has 0 heterocycles. The summed E-state index contributed by atoms with van der Waals surface area (Å²) in [7, 11) is 3.37. The third-order valence-electron chi connectivity index (χ3n) is 2.97. The van der Waals surface area contributed by atoms with Gasteiger partial charge >= 0.3 is 0 Å². The zero-order valence-electron chi connectivity index (χ0n) is 12.5. The summed E-state index contributed by atoms with van der Waals surface area (Å²) in [5.74, 6) is -0.421. The summed E-state index contributed by atoms with van der Waals surface area (Å²) >= 11 is 0. The number of rotatable bonds is 6. The monoisotopic (exact) mass is 288 g/mol. The Morgan fingerprint density at radius 1 is 1.43 bits per heavy atom. The van der Waals surface area contributed by atoms with Gasteiger partial charge in [-0.1, -0.05) is 13.0 Å². The number of likely N-dealkylation sites (N-methyl/N-ethyl adjacent to an activating group) is 1. The van der Waals surface area contributed by atoms with Gasteiger partial charge in [0.1, 0.15) is 0 Å². The first-order valence-electron chi connectivity index (χ1n) is 6.66. The number of anilines is 1. The molecule has 1 atom stereocenters. The van der Waals surface area contributed by atoms with Crippen LogP contribution in [0, 0.1) is 17.2 Å². The number of benzene rings is 1. The molecule has 6 nitrogen and oxygen atoms in total. The first-order chi connectivity index (χ1) is 9.96. The van der Waals surface area contributed by atoms with E-state index in [1.165, 1.54) is 0 Å². The Labute approximate surface area is 124 Å². The van der Waals surface area contributed by atoms with Gasteiger partial charge in [-0.2, -0.15) is 5.26 Å². The van der Waals surface area contributed by atoms with Crippen LogP contribution in [0.5, 0.6) is 0 Å². The largest absolute Gasteiger partial charge is 0.359 e. The lowest BCUT2D eigenvalue weighted by molar-refractivity contribution is -0.125. The number of carbonyl (C=O) groups excluding carboxylic acids is 2. The molecule has 0 bridgehead atoms. The summed E-state index contributed by atoms with van der Waals surface area (Å²) < 4.78 is 0. The molecule has 21 heavy (non-hydrogen) atoms. The average molecular weight is 288 g/mol. The summed E-state index contributed by atoms with van der Waals surface area (Å²) in [6.45, 7) is 2.48. The van der Waals surface area contributed by atoms with Gasteiger partial charge in [-0.15, -0.1) is 0 Å². The highest BCUT2D eigenvalue weighted by Crippen LogP contribution is 2.09. The van der Waals surface area contributed by atoms with Gasteiger partial charge in [0, 0.05) is 25.2 Å². The Balaban J connectivity index is 2.49. The zero-order chi connectivity index (χ0) is 15.8. The number of carbonyl (C=O) groups is 2. The molecule has 0 aliphatic heterocycles. The fourth-order valence-corrected chi connectivity index (χ4v) is 1.97. The number of nitrogens with one attached hydrogen (secondary N) is 2. The van der Waals surface area contributed by atoms with Crippen LogP contribution in [0.15, 0.2) is 24.3 Å². The van der Waals surface area contributed by atoms with Crippen molar-refractivity contribution in [3.05, 3.63) is 29.8 Å². The van der Waals surface area contributed by atoms with Gasteiger partial charge in [0.05, 0.1) is 18.2 Å². The normalized spacial score (nSPS) is 11.6. The van der Waals surface area contributed by atoms with Crippen molar-refractivity contribution in [1.82, 2.24) is 10.2 Å². The van der Waals surface area contributed by atoms with Gasteiger partial charge in [0.2, 0.25) is 11.8 Å². The molecule has 0 saturated heterocycles. The summed E-state index contributed by atoms with van der Waals surface area (Å²) in [6, 6.07) is 8.75. The topological polar surface area (TPSA) is 85.2 Å². The molecule has 1 aromatic rings. The van der Waals surface area contributed by atoms with Crippen molar-refractivity contribution in [3.8, 4) is 6.07 Å². The Morgan fingerprint density at radius 3 is 2.76 bits per heavy atom. The Hall–Kier alpha value is -2.39. The highest BCUT2D eigenvalue weighted by Gasteiger charge is 2.15. The van der Waals surface area contributed by atoms with Crippen LogP contribution in [0.4, 0.5) is 5.69 Å². The lowest BCUT2D eigenvalue weighted by Crippen LogP contribution is -2.38. The molecule has 0 aromatic heterocycles. The molecule has 0 radical (unpaired) electrons. The minimum absolute atomic E-state index is 0.0519. The molecule has 1 rings (SSSR count). The van der Waals surface area contributed by atoms with E-state index in [4.69, 9.17) is 5.26 Å². The van der Waals surface area contributed by atoms with Crippen LogP contribution in [0.25, 0.3) is 0 Å². The van der Waals surface area contributed by atoms with Crippen molar-refractivity contribution < 1.29 is 9.59 Å².